The van der Waals surface area contributed by atoms with E-state index in [0.29, 0.717) is 31.9 Å². The van der Waals surface area contributed by atoms with Crippen LogP contribution in [-0.4, -0.2) is 63.4 Å². The number of anilines is 1. The summed E-state index contributed by atoms with van der Waals surface area (Å²) < 4.78 is 32.4. The third-order valence-electron chi connectivity index (χ3n) is 4.64. The Labute approximate surface area is 179 Å². The molecule has 0 fully saturated rings. The topological polar surface area (TPSA) is 79.0 Å². The minimum atomic E-state index is -3.57. The molecule has 0 radical (unpaired) electrons. The van der Waals surface area contributed by atoms with Crippen LogP contribution >= 0.6 is 0 Å². The Morgan fingerprint density at radius 1 is 1.07 bits per heavy atom. The largest absolute Gasteiger partial charge is 0.492 e. The van der Waals surface area contributed by atoms with Crippen LogP contribution in [0.15, 0.2) is 53.4 Å². The number of hydrogen-bond acceptors (Lipinski definition) is 5. The third kappa shape index (κ3) is 6.83. The van der Waals surface area contributed by atoms with Gasteiger partial charge in [-0.15, -0.1) is 0 Å². The monoisotopic (exact) mass is 433 g/mol. The van der Waals surface area contributed by atoms with Crippen LogP contribution < -0.4 is 10.1 Å². The van der Waals surface area contributed by atoms with Crippen molar-refractivity contribution in [2.75, 3.05) is 45.2 Å². The van der Waals surface area contributed by atoms with Gasteiger partial charge in [-0.3, -0.25) is 9.69 Å². The van der Waals surface area contributed by atoms with Crippen molar-refractivity contribution in [3.8, 4) is 5.75 Å². The summed E-state index contributed by atoms with van der Waals surface area (Å²) in [5.74, 6) is 0.579. The second-order valence-electron chi connectivity index (χ2n) is 7.06. The van der Waals surface area contributed by atoms with Gasteiger partial charge in [-0.1, -0.05) is 37.6 Å². The summed E-state index contributed by atoms with van der Waals surface area (Å²) >= 11 is 0. The van der Waals surface area contributed by atoms with Crippen molar-refractivity contribution >= 4 is 21.6 Å². The number of sulfonamides is 1. The normalized spacial score (nSPS) is 11.7. The summed E-state index contributed by atoms with van der Waals surface area (Å²) in [5, 5.41) is 2.77. The third-order valence-corrected chi connectivity index (χ3v) is 6.68. The van der Waals surface area contributed by atoms with Crippen LogP contribution in [0, 0.1) is 6.92 Å². The fourth-order valence-electron chi connectivity index (χ4n) is 2.93. The SMILES string of the molecule is CCN(CC)S(=O)(=O)c1cccc(NC(=O)CN(C)CCOc2ccc(C)cc2)c1. The number of carbonyl (C=O) groups excluding carboxylic acids is 1. The second kappa shape index (κ2) is 11.1. The Bertz CT molecular complexity index is 926. The predicted molar refractivity (Wildman–Crippen MR) is 119 cm³/mol. The molecule has 164 valence electrons. The van der Waals surface area contributed by atoms with Crippen LogP contribution in [0.1, 0.15) is 19.4 Å². The zero-order chi connectivity index (χ0) is 22.1. The first kappa shape index (κ1) is 23.9. The predicted octanol–water partition coefficient (Wildman–Crippen LogP) is 2.97. The van der Waals surface area contributed by atoms with Crippen molar-refractivity contribution in [3.05, 3.63) is 54.1 Å². The van der Waals surface area contributed by atoms with Crippen LogP contribution in [0.4, 0.5) is 5.69 Å². The van der Waals surface area contributed by atoms with Crippen molar-refractivity contribution in [3.63, 3.8) is 0 Å². The Hall–Kier alpha value is -2.42. The molecule has 0 aliphatic carbocycles. The van der Waals surface area contributed by atoms with E-state index >= 15 is 0 Å². The van der Waals surface area contributed by atoms with Crippen molar-refractivity contribution < 1.29 is 17.9 Å². The molecule has 2 aromatic rings. The summed E-state index contributed by atoms with van der Waals surface area (Å²) in [6.07, 6.45) is 0. The molecule has 2 aromatic carbocycles. The van der Waals surface area contributed by atoms with E-state index in [-0.39, 0.29) is 17.3 Å². The van der Waals surface area contributed by atoms with Gasteiger partial charge in [-0.25, -0.2) is 8.42 Å². The molecule has 30 heavy (non-hydrogen) atoms. The molecule has 1 amide bonds. The van der Waals surface area contributed by atoms with Gasteiger partial charge in [0.05, 0.1) is 11.4 Å². The van der Waals surface area contributed by atoms with Gasteiger partial charge in [-0.2, -0.15) is 4.31 Å². The van der Waals surface area contributed by atoms with E-state index in [1.807, 2.05) is 43.1 Å². The van der Waals surface area contributed by atoms with E-state index in [1.54, 1.807) is 26.0 Å². The first-order valence-electron chi connectivity index (χ1n) is 10.0. The number of aryl methyl sites for hydroxylation is 1. The highest BCUT2D eigenvalue weighted by Gasteiger charge is 2.21. The molecular weight excluding hydrogens is 402 g/mol. The molecule has 0 saturated carbocycles. The quantitative estimate of drug-likeness (QED) is 0.589. The summed E-state index contributed by atoms with van der Waals surface area (Å²) in [5.41, 5.74) is 1.63. The Morgan fingerprint density at radius 2 is 1.73 bits per heavy atom. The lowest BCUT2D eigenvalue weighted by Gasteiger charge is -2.19. The molecule has 0 aliphatic rings. The first-order chi connectivity index (χ1) is 14.3. The number of nitrogens with zero attached hydrogens (tertiary/aromatic N) is 2. The lowest BCUT2D eigenvalue weighted by atomic mass is 10.2. The van der Waals surface area contributed by atoms with Crippen molar-refractivity contribution in [2.45, 2.75) is 25.7 Å². The minimum absolute atomic E-state index is 0.170. The second-order valence-corrected chi connectivity index (χ2v) is 9.00. The fourth-order valence-corrected chi connectivity index (χ4v) is 4.43. The zero-order valence-corrected chi connectivity index (χ0v) is 18.9. The van der Waals surface area contributed by atoms with E-state index < -0.39 is 10.0 Å². The van der Waals surface area contributed by atoms with Gasteiger partial charge in [0, 0.05) is 25.3 Å². The number of likely N-dealkylation sites (N-methyl/N-ethyl adjacent to an activating group) is 1. The van der Waals surface area contributed by atoms with Crippen LogP contribution in [0.2, 0.25) is 0 Å². The molecule has 0 atom stereocenters. The summed E-state index contributed by atoms with van der Waals surface area (Å²) in [6, 6.07) is 14.2. The molecule has 8 heteroatoms. The highest BCUT2D eigenvalue weighted by Crippen LogP contribution is 2.19. The molecule has 0 aliphatic heterocycles. The Morgan fingerprint density at radius 3 is 2.37 bits per heavy atom. The fraction of sp³-hybridized carbons (Fsp3) is 0.409. The maximum atomic E-state index is 12.7. The summed E-state index contributed by atoms with van der Waals surface area (Å²) in [6.45, 7) is 7.61. The average molecular weight is 434 g/mol. The van der Waals surface area contributed by atoms with Gasteiger partial charge in [-0.05, 0) is 44.3 Å². The van der Waals surface area contributed by atoms with Crippen LogP contribution in [0.5, 0.6) is 5.75 Å². The van der Waals surface area contributed by atoms with Gasteiger partial charge in [0.1, 0.15) is 12.4 Å². The average Bonchev–Trinajstić information content (AvgIpc) is 2.70. The summed E-state index contributed by atoms with van der Waals surface area (Å²) in [4.78, 5) is 14.4. The molecule has 0 unspecified atom stereocenters. The van der Waals surface area contributed by atoms with Crippen molar-refractivity contribution in [1.29, 1.82) is 0 Å². The van der Waals surface area contributed by atoms with E-state index in [4.69, 9.17) is 4.74 Å². The number of benzene rings is 2. The molecule has 0 spiro atoms. The number of rotatable bonds is 11. The van der Waals surface area contributed by atoms with E-state index in [2.05, 4.69) is 5.32 Å². The lowest BCUT2D eigenvalue weighted by molar-refractivity contribution is -0.117. The molecular formula is C22H31N3O4S. The van der Waals surface area contributed by atoms with E-state index in [9.17, 15) is 13.2 Å². The van der Waals surface area contributed by atoms with Crippen molar-refractivity contribution in [2.24, 2.45) is 0 Å². The standard InChI is InChI=1S/C22H31N3O4S/c1-5-25(6-2)30(27,28)21-9-7-8-19(16-21)23-22(26)17-24(4)14-15-29-20-12-10-18(3)11-13-20/h7-13,16H,5-6,14-15,17H2,1-4H3,(H,23,26). The Kier molecular flexibility index (Phi) is 8.83. The molecule has 0 heterocycles. The number of carbonyl (C=O) groups is 1. The van der Waals surface area contributed by atoms with E-state index in [0.717, 1.165) is 5.75 Å². The smallest absolute Gasteiger partial charge is 0.243 e. The highest BCUT2D eigenvalue weighted by molar-refractivity contribution is 7.89. The molecule has 1 N–H and O–H groups in total. The zero-order valence-electron chi connectivity index (χ0n) is 18.1. The van der Waals surface area contributed by atoms with Crippen molar-refractivity contribution in [1.82, 2.24) is 9.21 Å². The minimum Gasteiger partial charge on any atom is -0.492 e. The van der Waals surface area contributed by atoms with E-state index in [1.165, 1.54) is 22.0 Å². The maximum absolute atomic E-state index is 12.7. The van der Waals surface area contributed by atoms with Crippen LogP contribution in [-0.2, 0) is 14.8 Å². The van der Waals surface area contributed by atoms with Gasteiger partial charge in [0.25, 0.3) is 0 Å². The highest BCUT2D eigenvalue weighted by atomic mass is 32.2. The molecule has 0 saturated heterocycles. The van der Waals surface area contributed by atoms with Gasteiger partial charge < -0.3 is 10.1 Å². The Balaban J connectivity index is 1.87. The van der Waals surface area contributed by atoms with Gasteiger partial charge in [0.15, 0.2) is 0 Å². The maximum Gasteiger partial charge on any atom is 0.243 e. The number of amides is 1. The first-order valence-corrected chi connectivity index (χ1v) is 11.5. The molecule has 0 aromatic heterocycles. The summed E-state index contributed by atoms with van der Waals surface area (Å²) in [7, 11) is -1.74. The molecule has 0 bridgehead atoms. The molecule has 2 rings (SSSR count). The lowest BCUT2D eigenvalue weighted by Crippen LogP contribution is -2.33. The van der Waals surface area contributed by atoms with Gasteiger partial charge in [0.2, 0.25) is 15.9 Å². The number of ether oxygens (including phenoxy) is 1. The van der Waals surface area contributed by atoms with Crippen LogP contribution in [0.25, 0.3) is 0 Å². The van der Waals surface area contributed by atoms with Crippen LogP contribution in [0.3, 0.4) is 0 Å². The molecule has 7 nitrogen and oxygen atoms in total. The van der Waals surface area contributed by atoms with Gasteiger partial charge >= 0.3 is 0 Å². The number of nitrogens with one attached hydrogen (secondary N) is 1. The number of hydrogen-bond donors (Lipinski definition) is 1.